The van der Waals surface area contributed by atoms with Crippen LogP contribution in [0.25, 0.3) is 22.0 Å². The van der Waals surface area contributed by atoms with Crippen LogP contribution in [0.2, 0.25) is 0 Å². The van der Waals surface area contributed by atoms with Crippen LogP contribution in [0.4, 0.5) is 13.2 Å². The van der Waals surface area contributed by atoms with Gasteiger partial charge >= 0.3 is 6.18 Å². The average Bonchev–Trinajstić information content (AvgIpc) is 2.67. The van der Waals surface area contributed by atoms with Gasteiger partial charge in [0.25, 0.3) is 0 Å². The highest BCUT2D eigenvalue weighted by molar-refractivity contribution is 5.87. The van der Waals surface area contributed by atoms with Gasteiger partial charge in [-0.1, -0.05) is 44.4 Å². The first-order valence-corrected chi connectivity index (χ1v) is 9.17. The molecule has 0 saturated carbocycles. The molecule has 0 atom stereocenters. The van der Waals surface area contributed by atoms with Crippen molar-refractivity contribution in [3.63, 3.8) is 0 Å². The number of pyridine rings is 1. The monoisotopic (exact) mass is 373 g/mol. The smallest absolute Gasteiger partial charge is 0.417 e. The molecule has 2 nitrogen and oxygen atoms in total. The SMILES string of the molecule is CCCCCCOc1ccc2cc(-c3ccc(C(F)(F)F)cn3)ccc2c1. The summed E-state index contributed by atoms with van der Waals surface area (Å²) in [5.41, 5.74) is 0.554. The van der Waals surface area contributed by atoms with Crippen molar-refractivity contribution in [1.29, 1.82) is 0 Å². The van der Waals surface area contributed by atoms with Crippen LogP contribution < -0.4 is 4.74 Å². The van der Waals surface area contributed by atoms with Crippen molar-refractivity contribution >= 4 is 10.8 Å². The minimum Gasteiger partial charge on any atom is -0.494 e. The number of benzene rings is 2. The topological polar surface area (TPSA) is 22.1 Å². The summed E-state index contributed by atoms with van der Waals surface area (Å²) < 4.78 is 43.8. The van der Waals surface area contributed by atoms with Gasteiger partial charge in [0.1, 0.15) is 5.75 Å². The molecule has 0 aliphatic rings. The van der Waals surface area contributed by atoms with Gasteiger partial charge in [-0.05, 0) is 47.5 Å². The second kappa shape index (κ2) is 8.42. The molecule has 0 saturated heterocycles. The molecule has 1 aromatic heterocycles. The molecule has 2 aromatic carbocycles. The lowest BCUT2D eigenvalue weighted by molar-refractivity contribution is -0.137. The molecule has 5 heteroatoms. The maximum Gasteiger partial charge on any atom is 0.417 e. The van der Waals surface area contributed by atoms with Gasteiger partial charge in [-0.15, -0.1) is 0 Å². The minimum atomic E-state index is -4.37. The van der Waals surface area contributed by atoms with Crippen LogP contribution in [0, 0.1) is 0 Å². The van der Waals surface area contributed by atoms with Crippen molar-refractivity contribution in [1.82, 2.24) is 4.98 Å². The maximum absolute atomic E-state index is 12.7. The Bertz CT molecular complexity index is 888. The third-order valence-electron chi connectivity index (χ3n) is 4.46. The lowest BCUT2D eigenvalue weighted by Gasteiger charge is -2.09. The Balaban J connectivity index is 1.73. The Morgan fingerprint density at radius 3 is 2.37 bits per heavy atom. The number of ether oxygens (including phenoxy) is 1. The van der Waals surface area contributed by atoms with Gasteiger partial charge in [-0.3, -0.25) is 4.98 Å². The van der Waals surface area contributed by atoms with E-state index in [4.69, 9.17) is 4.74 Å². The molecule has 3 rings (SSSR count). The number of rotatable bonds is 7. The lowest BCUT2D eigenvalue weighted by Crippen LogP contribution is -2.05. The van der Waals surface area contributed by atoms with Crippen LogP contribution in [0.3, 0.4) is 0 Å². The number of aromatic nitrogens is 1. The summed E-state index contributed by atoms with van der Waals surface area (Å²) in [6.45, 7) is 2.89. The average molecular weight is 373 g/mol. The standard InChI is InChI=1S/C22H22F3NO/c1-2-3-4-5-12-27-20-10-8-16-13-18(7-6-17(16)14-20)21-11-9-19(15-26-21)22(23,24)25/h6-11,13-15H,2-5,12H2,1H3. The van der Waals surface area contributed by atoms with Gasteiger partial charge in [0.05, 0.1) is 17.9 Å². The normalized spacial score (nSPS) is 11.7. The van der Waals surface area contributed by atoms with Gasteiger partial charge in [-0.25, -0.2) is 0 Å². The van der Waals surface area contributed by atoms with Crippen molar-refractivity contribution < 1.29 is 17.9 Å². The fourth-order valence-corrected chi connectivity index (χ4v) is 2.92. The lowest BCUT2D eigenvalue weighted by atomic mass is 10.0. The van der Waals surface area contributed by atoms with E-state index in [9.17, 15) is 13.2 Å². The number of unbranched alkanes of at least 4 members (excludes halogenated alkanes) is 3. The van der Waals surface area contributed by atoms with E-state index < -0.39 is 11.7 Å². The number of hydrogen-bond acceptors (Lipinski definition) is 2. The van der Waals surface area contributed by atoms with Gasteiger partial charge in [0.15, 0.2) is 0 Å². The zero-order chi connectivity index (χ0) is 19.3. The van der Waals surface area contributed by atoms with Crippen LogP contribution in [0.1, 0.15) is 38.2 Å². The van der Waals surface area contributed by atoms with E-state index in [2.05, 4.69) is 11.9 Å². The first kappa shape index (κ1) is 19.2. The molecule has 0 bridgehead atoms. The molecule has 0 aliphatic carbocycles. The molecule has 0 radical (unpaired) electrons. The van der Waals surface area contributed by atoms with E-state index in [1.807, 2.05) is 36.4 Å². The Morgan fingerprint density at radius 2 is 1.67 bits per heavy atom. The summed E-state index contributed by atoms with van der Waals surface area (Å²) in [7, 11) is 0. The quantitative estimate of drug-likeness (QED) is 0.421. The Kier molecular flexibility index (Phi) is 5.99. The van der Waals surface area contributed by atoms with E-state index in [-0.39, 0.29) is 0 Å². The molecule has 0 unspecified atom stereocenters. The molecule has 0 spiro atoms. The largest absolute Gasteiger partial charge is 0.494 e. The molecule has 3 aromatic rings. The number of nitrogens with zero attached hydrogens (tertiary/aromatic N) is 1. The molecule has 27 heavy (non-hydrogen) atoms. The summed E-state index contributed by atoms with van der Waals surface area (Å²) in [5.74, 6) is 0.833. The Hall–Kier alpha value is -2.56. The molecule has 0 N–H and O–H groups in total. The summed E-state index contributed by atoms with van der Waals surface area (Å²) in [6.07, 6.45) is 1.14. The van der Waals surface area contributed by atoms with Crippen LogP contribution in [-0.4, -0.2) is 11.6 Å². The Labute approximate surface area is 157 Å². The molecule has 0 amide bonds. The number of fused-ring (bicyclic) bond motifs is 1. The van der Waals surface area contributed by atoms with E-state index in [0.717, 1.165) is 40.8 Å². The number of alkyl halides is 3. The molecule has 0 aliphatic heterocycles. The highest BCUT2D eigenvalue weighted by atomic mass is 19.4. The predicted octanol–water partition coefficient (Wildman–Crippen LogP) is 6.88. The van der Waals surface area contributed by atoms with Crippen molar-refractivity contribution in [2.75, 3.05) is 6.61 Å². The summed E-state index contributed by atoms with van der Waals surface area (Å²) in [5, 5.41) is 2.02. The molecule has 0 fully saturated rings. The van der Waals surface area contributed by atoms with Crippen molar-refractivity contribution in [3.05, 3.63) is 60.3 Å². The second-order valence-corrected chi connectivity index (χ2v) is 6.56. The molecule has 1 heterocycles. The third-order valence-corrected chi connectivity index (χ3v) is 4.46. The van der Waals surface area contributed by atoms with Crippen LogP contribution >= 0.6 is 0 Å². The van der Waals surface area contributed by atoms with Gasteiger partial charge in [-0.2, -0.15) is 13.2 Å². The van der Waals surface area contributed by atoms with Crippen LogP contribution in [-0.2, 0) is 6.18 Å². The highest BCUT2D eigenvalue weighted by Gasteiger charge is 2.30. The van der Waals surface area contributed by atoms with Crippen molar-refractivity contribution in [3.8, 4) is 17.0 Å². The summed E-state index contributed by atoms with van der Waals surface area (Å²) in [4.78, 5) is 3.96. The Morgan fingerprint density at radius 1 is 0.889 bits per heavy atom. The molecular weight excluding hydrogens is 351 g/mol. The zero-order valence-electron chi connectivity index (χ0n) is 15.2. The van der Waals surface area contributed by atoms with Crippen LogP contribution in [0.15, 0.2) is 54.7 Å². The second-order valence-electron chi connectivity index (χ2n) is 6.56. The van der Waals surface area contributed by atoms with Gasteiger partial charge in [0.2, 0.25) is 0 Å². The highest BCUT2D eigenvalue weighted by Crippen LogP contribution is 2.31. The number of hydrogen-bond donors (Lipinski definition) is 0. The van der Waals surface area contributed by atoms with Crippen molar-refractivity contribution in [2.45, 2.75) is 38.8 Å². The molecule has 142 valence electrons. The first-order chi connectivity index (χ1) is 13.0. The van der Waals surface area contributed by atoms with Gasteiger partial charge in [0, 0.05) is 11.8 Å². The third kappa shape index (κ3) is 5.00. The summed E-state index contributed by atoms with van der Waals surface area (Å²) >= 11 is 0. The van der Waals surface area contributed by atoms with E-state index in [1.165, 1.54) is 25.3 Å². The fourth-order valence-electron chi connectivity index (χ4n) is 2.92. The van der Waals surface area contributed by atoms with Crippen molar-refractivity contribution in [2.24, 2.45) is 0 Å². The molecular formula is C22H22F3NO. The predicted molar refractivity (Wildman–Crippen MR) is 102 cm³/mol. The van der Waals surface area contributed by atoms with Gasteiger partial charge < -0.3 is 4.74 Å². The van der Waals surface area contributed by atoms with Crippen LogP contribution in [0.5, 0.6) is 5.75 Å². The fraction of sp³-hybridized carbons (Fsp3) is 0.318. The zero-order valence-corrected chi connectivity index (χ0v) is 15.2. The summed E-state index contributed by atoms with van der Waals surface area (Å²) in [6, 6.07) is 14.1. The maximum atomic E-state index is 12.7. The minimum absolute atomic E-state index is 0.515. The number of halogens is 3. The first-order valence-electron chi connectivity index (χ1n) is 9.17. The van der Waals surface area contributed by atoms with E-state index >= 15 is 0 Å². The van der Waals surface area contributed by atoms with E-state index in [1.54, 1.807) is 0 Å². The van der Waals surface area contributed by atoms with E-state index in [0.29, 0.717) is 12.3 Å².